The van der Waals surface area contributed by atoms with Gasteiger partial charge in [-0.2, -0.15) is 0 Å². The van der Waals surface area contributed by atoms with Crippen LogP contribution in [0.25, 0.3) is 0 Å². The predicted octanol–water partition coefficient (Wildman–Crippen LogP) is 2.97. The molecular formula is C18H17ClFNO5S. The molecule has 2 aromatic rings. The maximum absolute atomic E-state index is 13.8. The average molecular weight is 414 g/mol. The lowest BCUT2D eigenvalue weighted by molar-refractivity contribution is -0.129. The normalized spacial score (nSPS) is 12.4. The van der Waals surface area contributed by atoms with Crippen molar-refractivity contribution in [1.82, 2.24) is 0 Å². The molecule has 9 heteroatoms. The number of phenolic OH excluding ortho intramolecular Hbond substituents is 1. The predicted molar refractivity (Wildman–Crippen MR) is 99.1 cm³/mol. The lowest BCUT2D eigenvalue weighted by atomic mass is 9.95. The fourth-order valence-corrected chi connectivity index (χ4v) is 3.36. The van der Waals surface area contributed by atoms with E-state index in [0.29, 0.717) is 5.56 Å². The molecule has 2 N–H and O–H groups in total. The smallest absolute Gasteiger partial charge is 0.235 e. The second-order valence-corrected chi connectivity index (χ2v) is 8.47. The lowest BCUT2D eigenvalue weighted by Gasteiger charge is -2.16. The summed E-state index contributed by atoms with van der Waals surface area (Å²) in [4.78, 5) is 24.4. The summed E-state index contributed by atoms with van der Waals surface area (Å²) in [5.74, 6) is -3.43. The molecule has 6 nitrogen and oxygen atoms in total. The minimum atomic E-state index is -3.45. The summed E-state index contributed by atoms with van der Waals surface area (Å²) in [7, 11) is -3.45. The fraction of sp³-hybridized carbons (Fsp3) is 0.222. The summed E-state index contributed by atoms with van der Waals surface area (Å²) in [6.45, 7) is 1.21. The summed E-state index contributed by atoms with van der Waals surface area (Å²) < 4.78 is 36.9. The number of Topliss-reactive ketones (excluding diaryl/α,β-unsaturated/α-hetero) is 1. The van der Waals surface area contributed by atoms with E-state index in [0.717, 1.165) is 24.5 Å². The van der Waals surface area contributed by atoms with E-state index in [1.165, 1.54) is 25.1 Å². The highest BCUT2D eigenvalue weighted by Gasteiger charge is 2.26. The van der Waals surface area contributed by atoms with E-state index < -0.39 is 33.3 Å². The summed E-state index contributed by atoms with van der Waals surface area (Å²) in [6.07, 6.45) is 0.943. The average Bonchev–Trinajstić information content (AvgIpc) is 2.55. The van der Waals surface area contributed by atoms with E-state index in [1.54, 1.807) is 0 Å². The number of hydrogen-bond donors (Lipinski definition) is 2. The fourth-order valence-electron chi connectivity index (χ4n) is 2.39. The van der Waals surface area contributed by atoms with Gasteiger partial charge in [0, 0.05) is 17.3 Å². The number of hydrogen-bond acceptors (Lipinski definition) is 5. The monoisotopic (exact) mass is 413 g/mol. The molecule has 0 radical (unpaired) electrons. The number of sulfone groups is 1. The first-order chi connectivity index (χ1) is 12.5. The van der Waals surface area contributed by atoms with Gasteiger partial charge in [-0.3, -0.25) is 9.59 Å². The van der Waals surface area contributed by atoms with Crippen LogP contribution in [-0.4, -0.2) is 31.5 Å². The van der Waals surface area contributed by atoms with E-state index in [-0.39, 0.29) is 27.8 Å². The van der Waals surface area contributed by atoms with Crippen LogP contribution in [0.4, 0.5) is 10.1 Å². The van der Waals surface area contributed by atoms with Crippen molar-refractivity contribution < 1.29 is 27.5 Å². The molecule has 0 aromatic heterocycles. The number of carbonyl (C=O) groups excluding carboxylic acids is 2. The Bertz CT molecular complexity index is 1010. The first kappa shape index (κ1) is 20.9. The van der Waals surface area contributed by atoms with Crippen LogP contribution in [0.3, 0.4) is 0 Å². The molecular weight excluding hydrogens is 397 g/mol. The Balaban J connectivity index is 2.26. The van der Waals surface area contributed by atoms with Gasteiger partial charge in [0.05, 0.1) is 10.6 Å². The number of amides is 1. The molecule has 1 unspecified atom stereocenters. The van der Waals surface area contributed by atoms with Crippen molar-refractivity contribution in [3.8, 4) is 5.75 Å². The van der Waals surface area contributed by atoms with Crippen molar-refractivity contribution in [3.63, 3.8) is 0 Å². The third-order valence-corrected chi connectivity index (χ3v) is 5.35. The first-order valence-corrected chi connectivity index (χ1v) is 10.0. The molecule has 2 aromatic carbocycles. The number of halogens is 2. The van der Waals surface area contributed by atoms with E-state index >= 15 is 0 Å². The molecule has 0 aliphatic rings. The highest BCUT2D eigenvalue weighted by molar-refractivity contribution is 7.90. The van der Waals surface area contributed by atoms with E-state index in [2.05, 4.69) is 5.32 Å². The van der Waals surface area contributed by atoms with Gasteiger partial charge in [0.1, 0.15) is 23.3 Å². The topological polar surface area (TPSA) is 101 Å². The molecule has 0 bridgehead atoms. The van der Waals surface area contributed by atoms with E-state index in [1.807, 2.05) is 0 Å². The van der Waals surface area contributed by atoms with Gasteiger partial charge in [0.2, 0.25) is 5.91 Å². The van der Waals surface area contributed by atoms with Crippen LogP contribution in [0, 0.1) is 11.7 Å². The SMILES string of the molecule is CC(=O)C(Cc1ccc(S(C)(=O)=O)cc1Cl)C(=O)Nc1cc(O)ccc1F. The van der Waals surface area contributed by atoms with Crippen molar-refractivity contribution >= 4 is 38.8 Å². The van der Waals surface area contributed by atoms with Crippen molar-refractivity contribution in [1.29, 1.82) is 0 Å². The van der Waals surface area contributed by atoms with Gasteiger partial charge in [-0.05, 0) is 43.2 Å². The largest absolute Gasteiger partial charge is 0.508 e. The minimum Gasteiger partial charge on any atom is -0.508 e. The van der Waals surface area contributed by atoms with Crippen LogP contribution in [0.2, 0.25) is 5.02 Å². The van der Waals surface area contributed by atoms with Gasteiger partial charge in [-0.1, -0.05) is 17.7 Å². The zero-order chi connectivity index (χ0) is 20.4. The molecule has 0 saturated carbocycles. The first-order valence-electron chi connectivity index (χ1n) is 7.77. The number of benzene rings is 2. The number of anilines is 1. The van der Waals surface area contributed by atoms with Crippen molar-refractivity contribution in [3.05, 3.63) is 52.8 Å². The Hall–Kier alpha value is -2.45. The molecule has 0 spiro atoms. The number of carbonyl (C=O) groups is 2. The highest BCUT2D eigenvalue weighted by Crippen LogP contribution is 2.25. The lowest BCUT2D eigenvalue weighted by Crippen LogP contribution is -2.30. The molecule has 0 aliphatic carbocycles. The number of phenols is 1. The van der Waals surface area contributed by atoms with Gasteiger partial charge in [-0.25, -0.2) is 12.8 Å². The molecule has 1 amide bonds. The summed E-state index contributed by atoms with van der Waals surface area (Å²) in [5.41, 5.74) is 0.139. The molecule has 2 rings (SSSR count). The molecule has 0 aliphatic heterocycles. The van der Waals surface area contributed by atoms with Gasteiger partial charge in [-0.15, -0.1) is 0 Å². The summed E-state index contributed by atoms with van der Waals surface area (Å²) >= 11 is 6.09. The van der Waals surface area contributed by atoms with Crippen molar-refractivity contribution in [2.24, 2.45) is 5.92 Å². The van der Waals surface area contributed by atoms with E-state index in [9.17, 15) is 27.5 Å². The maximum Gasteiger partial charge on any atom is 0.235 e. The zero-order valence-corrected chi connectivity index (χ0v) is 16.1. The number of aromatic hydroxyl groups is 1. The Morgan fingerprint density at radius 3 is 2.44 bits per heavy atom. The number of nitrogens with one attached hydrogen (secondary N) is 1. The Labute approximate surface area is 160 Å². The van der Waals surface area contributed by atoms with Crippen LogP contribution < -0.4 is 5.32 Å². The molecule has 144 valence electrons. The Morgan fingerprint density at radius 2 is 1.89 bits per heavy atom. The molecule has 0 saturated heterocycles. The molecule has 0 fully saturated rings. The van der Waals surface area contributed by atoms with Crippen LogP contribution in [-0.2, 0) is 25.8 Å². The van der Waals surface area contributed by atoms with Crippen molar-refractivity contribution in [2.75, 3.05) is 11.6 Å². The van der Waals surface area contributed by atoms with Gasteiger partial charge in [0.15, 0.2) is 9.84 Å². The second-order valence-electron chi connectivity index (χ2n) is 6.05. The van der Waals surface area contributed by atoms with Gasteiger partial charge in [0.25, 0.3) is 0 Å². The number of rotatable bonds is 6. The number of ketones is 1. The van der Waals surface area contributed by atoms with Crippen LogP contribution in [0.1, 0.15) is 12.5 Å². The molecule has 0 heterocycles. The van der Waals surface area contributed by atoms with Gasteiger partial charge < -0.3 is 10.4 Å². The summed E-state index contributed by atoms with van der Waals surface area (Å²) in [6, 6.07) is 7.14. The quantitative estimate of drug-likeness (QED) is 0.709. The van der Waals surface area contributed by atoms with Crippen LogP contribution in [0.15, 0.2) is 41.3 Å². The Kier molecular flexibility index (Phi) is 6.22. The third kappa shape index (κ3) is 5.27. The highest BCUT2D eigenvalue weighted by atomic mass is 35.5. The Morgan fingerprint density at radius 1 is 1.22 bits per heavy atom. The maximum atomic E-state index is 13.8. The minimum absolute atomic E-state index is 0.0157. The van der Waals surface area contributed by atoms with Gasteiger partial charge >= 0.3 is 0 Å². The third-order valence-electron chi connectivity index (χ3n) is 3.89. The van der Waals surface area contributed by atoms with Crippen LogP contribution in [0.5, 0.6) is 5.75 Å². The summed E-state index contributed by atoms with van der Waals surface area (Å²) in [5, 5.41) is 11.8. The second kappa shape index (κ2) is 8.06. The molecule has 27 heavy (non-hydrogen) atoms. The van der Waals surface area contributed by atoms with Crippen LogP contribution >= 0.6 is 11.6 Å². The molecule has 1 atom stereocenters. The standard InChI is InChI=1S/C18H17ClFNO5S/c1-10(22)14(18(24)21-17-8-12(23)4-6-16(17)20)7-11-3-5-13(9-15(11)19)27(2,25)26/h3-6,8-9,14,23H,7H2,1-2H3,(H,21,24). The van der Waals surface area contributed by atoms with Crippen molar-refractivity contribution in [2.45, 2.75) is 18.2 Å². The zero-order valence-electron chi connectivity index (χ0n) is 14.5. The van der Waals surface area contributed by atoms with E-state index in [4.69, 9.17) is 11.6 Å².